The van der Waals surface area contributed by atoms with Crippen LogP contribution >= 0.6 is 0 Å². The summed E-state index contributed by atoms with van der Waals surface area (Å²) in [6.45, 7) is 24.2. The fraction of sp³-hybridized carbons (Fsp3) is 0.889. The lowest BCUT2D eigenvalue weighted by Crippen LogP contribution is -2.66. The van der Waals surface area contributed by atoms with Crippen molar-refractivity contribution in [3.63, 3.8) is 0 Å². The van der Waals surface area contributed by atoms with Crippen LogP contribution < -0.4 is 10.6 Å². The molecule has 0 radical (unpaired) electrons. The molecule has 6 aliphatic carbocycles. The molecule has 0 aromatic rings. The summed E-state index contributed by atoms with van der Waals surface area (Å²) in [5.41, 5.74) is 1.35. The first-order valence-corrected chi connectivity index (χ1v) is 21.6. The number of aliphatic hydroxyl groups excluding tert-OH is 1. The Morgan fingerprint density at radius 3 is 2.19 bits per heavy atom. The van der Waals surface area contributed by atoms with Crippen LogP contribution in [0.25, 0.3) is 0 Å². The minimum absolute atomic E-state index is 0.0275. The van der Waals surface area contributed by atoms with Crippen LogP contribution in [0.5, 0.6) is 0 Å². The molecule has 0 amide bonds. The van der Waals surface area contributed by atoms with Crippen molar-refractivity contribution >= 4 is 17.7 Å². The van der Waals surface area contributed by atoms with Gasteiger partial charge in [-0.25, -0.2) is 0 Å². The molecule has 1 heterocycles. The van der Waals surface area contributed by atoms with Gasteiger partial charge in [-0.05, 0) is 147 Å². The van der Waals surface area contributed by atoms with E-state index in [2.05, 4.69) is 59.1 Å². The van der Waals surface area contributed by atoms with E-state index >= 15 is 0 Å². The van der Waals surface area contributed by atoms with Crippen molar-refractivity contribution in [3.8, 4) is 0 Å². The molecule has 7 aliphatic rings. The van der Waals surface area contributed by atoms with Crippen LogP contribution in [-0.4, -0.2) is 66.3 Å². The number of hydrogen-bond acceptors (Lipinski definition) is 7. The minimum atomic E-state index is -0.822. The maximum atomic E-state index is 14.1. The number of fused-ring (bicyclic) bond motifs is 7. The highest BCUT2D eigenvalue weighted by atomic mass is 16.5. The number of aliphatic carboxylic acids is 1. The number of piperidine rings is 1. The first-order valence-electron chi connectivity index (χ1n) is 21.6. The van der Waals surface area contributed by atoms with E-state index in [9.17, 15) is 24.6 Å². The van der Waals surface area contributed by atoms with Gasteiger partial charge in [-0.2, -0.15) is 0 Å². The van der Waals surface area contributed by atoms with Crippen molar-refractivity contribution in [3.05, 3.63) is 11.1 Å². The van der Waals surface area contributed by atoms with Crippen LogP contribution in [-0.2, 0) is 19.1 Å². The van der Waals surface area contributed by atoms with E-state index in [4.69, 9.17) is 4.74 Å². The molecule has 1 aliphatic heterocycles. The molecule has 298 valence electrons. The smallest absolute Gasteiger partial charge is 0.309 e. The molecule has 0 spiro atoms. The largest absolute Gasteiger partial charge is 0.481 e. The second-order valence-electron chi connectivity index (χ2n) is 21.5. The summed E-state index contributed by atoms with van der Waals surface area (Å²) in [6.07, 6.45) is 10.6. The number of hydrogen-bond donors (Lipinski definition) is 4. The second-order valence-corrected chi connectivity index (χ2v) is 21.5. The Balaban J connectivity index is 1.12. The number of rotatable bonds is 9. The first-order chi connectivity index (χ1) is 24.8. The average Bonchev–Trinajstić information content (AvgIpc) is 3.39. The van der Waals surface area contributed by atoms with Crippen LogP contribution in [0.3, 0.4) is 0 Å². The zero-order chi connectivity index (χ0) is 38.5. The van der Waals surface area contributed by atoms with E-state index in [0.29, 0.717) is 43.1 Å². The topological polar surface area (TPSA) is 125 Å². The van der Waals surface area contributed by atoms with Crippen LogP contribution in [0.4, 0.5) is 0 Å². The number of ketones is 1. The van der Waals surface area contributed by atoms with Gasteiger partial charge in [0, 0.05) is 23.8 Å². The van der Waals surface area contributed by atoms with Gasteiger partial charge in [0.2, 0.25) is 0 Å². The number of carbonyl (C=O) groups excluding carboxylic acids is 2. The van der Waals surface area contributed by atoms with Gasteiger partial charge in [0.15, 0.2) is 5.78 Å². The number of ether oxygens (including phenoxy) is 1. The Bertz CT molecular complexity index is 1510. The standard InChI is InChI=1S/C45H72N2O6/c1-26(2)36-31(48)23-45(34(49)25-47-24-27-14-20-46-21-15-27)19-18-43(8)28(37(36)45)10-11-33-42(7)16-13-35(41(5,6)32(42)12-17-44(33,43)9)53-39(52)30-22-29(38(50)51)40(30,3)4/h26-30,32-35,46-47,49H,10-25H2,1-9H3,(H,50,51)/t28-,29+,30-,32+,33-,34+,35+,42+,43-,44-,45+/m1/s1. The van der Waals surface area contributed by atoms with Crippen LogP contribution in [0.2, 0.25) is 0 Å². The van der Waals surface area contributed by atoms with Crippen molar-refractivity contribution < 1.29 is 29.3 Å². The zero-order valence-electron chi connectivity index (χ0n) is 34.5. The number of carboxylic acid groups (broad SMARTS) is 1. The molecule has 7 rings (SSSR count). The second kappa shape index (κ2) is 13.4. The summed E-state index contributed by atoms with van der Waals surface area (Å²) in [6, 6.07) is 0. The van der Waals surface area contributed by atoms with Crippen LogP contribution in [0.15, 0.2) is 11.1 Å². The van der Waals surface area contributed by atoms with E-state index in [-0.39, 0.29) is 51.4 Å². The molecular weight excluding hydrogens is 665 g/mol. The normalized spacial score (nSPS) is 43.9. The SMILES string of the molecule is CC(C)C1=C2[C@H]3CC[C@@H]4[C@@]5(C)CC[C@H](OC(=O)[C@H]6C[C@@H](C(=O)O)C6(C)C)C(C)(C)[C@@H]5CC[C@@]4(C)[C@]3(C)CC[C@@]2([C@@H](O)CNCC2CCNCC2)CC1=O. The average molecular weight is 737 g/mol. The Morgan fingerprint density at radius 1 is 0.849 bits per heavy atom. The molecule has 5 saturated carbocycles. The zero-order valence-corrected chi connectivity index (χ0v) is 34.5. The maximum Gasteiger partial charge on any atom is 0.309 e. The lowest BCUT2D eigenvalue weighted by Gasteiger charge is -2.72. The summed E-state index contributed by atoms with van der Waals surface area (Å²) in [5, 5.41) is 29.0. The van der Waals surface area contributed by atoms with Crippen LogP contribution in [0.1, 0.15) is 139 Å². The van der Waals surface area contributed by atoms with Gasteiger partial charge in [-0.1, -0.05) is 67.9 Å². The number of carboxylic acids is 1. The first kappa shape index (κ1) is 39.5. The molecule has 11 atom stereocenters. The molecule has 53 heavy (non-hydrogen) atoms. The molecule has 8 nitrogen and oxygen atoms in total. The Kier molecular flexibility index (Phi) is 10.00. The molecule has 0 aromatic carbocycles. The highest BCUT2D eigenvalue weighted by Gasteiger charge is 2.71. The number of esters is 1. The lowest BCUT2D eigenvalue weighted by molar-refractivity contribution is -0.238. The van der Waals surface area contributed by atoms with Gasteiger partial charge in [-0.3, -0.25) is 14.4 Å². The van der Waals surface area contributed by atoms with Gasteiger partial charge >= 0.3 is 11.9 Å². The highest BCUT2D eigenvalue weighted by molar-refractivity contribution is 6.00. The number of carbonyl (C=O) groups is 3. The van der Waals surface area contributed by atoms with E-state index in [1.54, 1.807) is 0 Å². The van der Waals surface area contributed by atoms with Gasteiger partial charge in [0.25, 0.3) is 0 Å². The van der Waals surface area contributed by atoms with Crippen molar-refractivity contribution in [2.24, 2.45) is 73.9 Å². The quantitative estimate of drug-likeness (QED) is 0.179. The number of Topliss-reactive ketones (excluding diaryl/α,β-unsaturated/α-hetero) is 1. The van der Waals surface area contributed by atoms with E-state index in [0.717, 1.165) is 76.6 Å². The van der Waals surface area contributed by atoms with Crippen molar-refractivity contribution in [1.29, 1.82) is 0 Å². The van der Waals surface area contributed by atoms with Crippen molar-refractivity contribution in [2.45, 2.75) is 152 Å². The van der Waals surface area contributed by atoms with E-state index in [1.807, 2.05) is 13.8 Å². The summed E-state index contributed by atoms with van der Waals surface area (Å²) in [5.74, 6) is 0.398. The number of aliphatic hydroxyl groups is 1. The molecule has 4 N–H and O–H groups in total. The van der Waals surface area contributed by atoms with E-state index in [1.165, 1.54) is 18.4 Å². The monoisotopic (exact) mass is 737 g/mol. The summed E-state index contributed by atoms with van der Waals surface area (Å²) < 4.78 is 6.42. The molecule has 0 aromatic heterocycles. The predicted molar refractivity (Wildman–Crippen MR) is 207 cm³/mol. The summed E-state index contributed by atoms with van der Waals surface area (Å²) in [7, 11) is 0. The van der Waals surface area contributed by atoms with Crippen LogP contribution in [0, 0.1) is 73.9 Å². The molecule has 6 fully saturated rings. The lowest BCUT2D eigenvalue weighted by atomic mass is 9.33. The molecule has 1 saturated heterocycles. The van der Waals surface area contributed by atoms with Crippen molar-refractivity contribution in [1.82, 2.24) is 10.6 Å². The minimum Gasteiger partial charge on any atom is -0.481 e. The molecule has 0 bridgehead atoms. The third kappa shape index (κ3) is 5.78. The van der Waals surface area contributed by atoms with Gasteiger partial charge in [0.05, 0.1) is 17.9 Å². The van der Waals surface area contributed by atoms with E-state index < -0.39 is 28.8 Å². The molecule has 8 heteroatoms. The predicted octanol–water partition coefficient (Wildman–Crippen LogP) is 7.58. The Labute approximate surface area is 319 Å². The summed E-state index contributed by atoms with van der Waals surface area (Å²) >= 11 is 0. The van der Waals surface area contributed by atoms with Crippen molar-refractivity contribution in [2.75, 3.05) is 26.2 Å². The molecular formula is C45H72N2O6. The summed E-state index contributed by atoms with van der Waals surface area (Å²) in [4.78, 5) is 39.4. The highest BCUT2D eigenvalue weighted by Crippen LogP contribution is 2.77. The third-order valence-electron chi connectivity index (χ3n) is 18.4. The van der Waals surface area contributed by atoms with Gasteiger partial charge in [-0.15, -0.1) is 0 Å². The molecule has 0 unspecified atom stereocenters. The fourth-order valence-corrected chi connectivity index (χ4v) is 14.9. The van der Waals surface area contributed by atoms with Gasteiger partial charge in [0.1, 0.15) is 6.10 Å². The third-order valence-corrected chi connectivity index (χ3v) is 18.4. The fourth-order valence-electron chi connectivity index (χ4n) is 14.9. The Morgan fingerprint density at radius 2 is 1.55 bits per heavy atom. The maximum absolute atomic E-state index is 14.1. The number of nitrogens with one attached hydrogen (secondary N) is 2. The number of allylic oxidation sites excluding steroid dienone is 1. The Hall–Kier alpha value is -1.77. The van der Waals surface area contributed by atoms with Gasteiger partial charge < -0.3 is 25.6 Å².